The van der Waals surface area contributed by atoms with Crippen molar-refractivity contribution in [3.05, 3.63) is 65.5 Å². The van der Waals surface area contributed by atoms with Crippen LogP contribution in [0.1, 0.15) is 35.2 Å². The third-order valence-corrected chi connectivity index (χ3v) is 5.80. The van der Waals surface area contributed by atoms with Crippen LogP contribution in [0.3, 0.4) is 0 Å². The normalized spacial score (nSPS) is 23.0. The molecule has 5 rings (SSSR count). The molecule has 0 unspecified atom stereocenters. The summed E-state index contributed by atoms with van der Waals surface area (Å²) in [6, 6.07) is 13.2. The third-order valence-electron chi connectivity index (χ3n) is 5.80. The van der Waals surface area contributed by atoms with Gasteiger partial charge in [0.25, 0.3) is 11.8 Å². The Morgan fingerprint density at radius 1 is 0.968 bits per heavy atom. The second-order valence-electron chi connectivity index (χ2n) is 8.44. The highest BCUT2D eigenvalue weighted by molar-refractivity contribution is 5.96. The predicted octanol–water partition coefficient (Wildman–Crippen LogP) is 1.85. The van der Waals surface area contributed by atoms with E-state index in [1.165, 1.54) is 6.07 Å². The number of hydrogen-bond donors (Lipinski definition) is 3. The summed E-state index contributed by atoms with van der Waals surface area (Å²) in [6.45, 7) is 1.35. The molecule has 31 heavy (non-hydrogen) atoms. The van der Waals surface area contributed by atoms with Crippen molar-refractivity contribution >= 4 is 17.7 Å². The molecule has 0 spiro atoms. The Labute approximate surface area is 179 Å². The van der Waals surface area contributed by atoms with Crippen molar-refractivity contribution in [1.29, 1.82) is 0 Å². The molecule has 0 aromatic heterocycles. The van der Waals surface area contributed by atoms with Crippen molar-refractivity contribution < 1.29 is 23.5 Å². The summed E-state index contributed by atoms with van der Waals surface area (Å²) in [7, 11) is 0. The number of ether oxygens (including phenoxy) is 1. The van der Waals surface area contributed by atoms with Crippen molar-refractivity contribution in [3.63, 3.8) is 0 Å². The van der Waals surface area contributed by atoms with E-state index in [1.54, 1.807) is 43.3 Å². The Morgan fingerprint density at radius 3 is 2.26 bits per heavy atom. The molecule has 7 nitrogen and oxygen atoms in total. The maximum Gasteiger partial charge on any atom is 0.258 e. The summed E-state index contributed by atoms with van der Waals surface area (Å²) in [5, 5.41) is 8.51. The zero-order chi connectivity index (χ0) is 22.1. The number of carbonyl (C=O) groups excluding carboxylic acids is 3. The van der Waals surface area contributed by atoms with Crippen LogP contribution in [0.4, 0.5) is 4.39 Å². The fourth-order valence-electron chi connectivity index (χ4n) is 4.39. The maximum atomic E-state index is 13.5. The summed E-state index contributed by atoms with van der Waals surface area (Å²) in [6.07, 6.45) is 1.93. The lowest BCUT2D eigenvalue weighted by atomic mass is 9.44. The number of benzene rings is 2. The second-order valence-corrected chi connectivity index (χ2v) is 8.44. The lowest BCUT2D eigenvalue weighted by Gasteiger charge is -2.70. The molecule has 162 valence electrons. The van der Waals surface area contributed by atoms with Gasteiger partial charge in [0.2, 0.25) is 5.91 Å². The van der Waals surface area contributed by atoms with Crippen LogP contribution in [-0.4, -0.2) is 42.0 Å². The molecule has 3 N–H and O–H groups in total. The minimum absolute atomic E-state index is 0.101. The molecule has 3 amide bonds. The summed E-state index contributed by atoms with van der Waals surface area (Å²) >= 11 is 0. The molecule has 3 aliphatic rings. The Kier molecular flexibility index (Phi) is 5.39. The third kappa shape index (κ3) is 4.52. The number of rotatable bonds is 8. The zero-order valence-corrected chi connectivity index (χ0v) is 17.2. The van der Waals surface area contributed by atoms with Gasteiger partial charge in [0, 0.05) is 22.7 Å². The molecular formula is C23H24FN3O4. The van der Waals surface area contributed by atoms with Gasteiger partial charge in [-0.15, -0.1) is 0 Å². The average molecular weight is 425 g/mol. The van der Waals surface area contributed by atoms with Crippen LogP contribution < -0.4 is 20.7 Å². The van der Waals surface area contributed by atoms with Crippen LogP contribution in [0, 0.1) is 12.7 Å². The minimum Gasteiger partial charge on any atom is -0.484 e. The highest BCUT2D eigenvalue weighted by Crippen LogP contribution is 2.60. The van der Waals surface area contributed by atoms with Gasteiger partial charge >= 0.3 is 0 Å². The smallest absolute Gasteiger partial charge is 0.258 e. The zero-order valence-electron chi connectivity index (χ0n) is 17.2. The van der Waals surface area contributed by atoms with Crippen LogP contribution in [-0.2, 0) is 9.59 Å². The van der Waals surface area contributed by atoms with Crippen molar-refractivity contribution in [2.24, 2.45) is 0 Å². The van der Waals surface area contributed by atoms with Crippen LogP contribution in [0.15, 0.2) is 48.5 Å². The van der Waals surface area contributed by atoms with E-state index in [0.717, 1.165) is 0 Å². The summed E-state index contributed by atoms with van der Waals surface area (Å²) in [5.74, 6) is -0.915. The number of halogens is 1. The standard InChI is InChI=1S/C23H24FN3O4/c1-15-7-8-17(9-18(15)24)31-11-20(29)27-23-12-22(13-23,14-23)26-19(28)10-25-21(30)16-5-3-2-4-6-16/h2-9H,10-14H2,1H3,(H,25,30)(H,26,28)(H,27,29). The van der Waals surface area contributed by atoms with Crippen molar-refractivity contribution in [1.82, 2.24) is 16.0 Å². The van der Waals surface area contributed by atoms with E-state index in [2.05, 4.69) is 16.0 Å². The molecular weight excluding hydrogens is 401 g/mol. The molecule has 0 saturated heterocycles. The number of nitrogens with one attached hydrogen (secondary N) is 3. The highest BCUT2D eigenvalue weighted by Gasteiger charge is 2.69. The SMILES string of the molecule is Cc1ccc(OCC(=O)NC23CC(NC(=O)CNC(=O)c4ccccc4)(C2)C3)cc1F. The van der Waals surface area contributed by atoms with E-state index in [1.807, 2.05) is 6.07 Å². The van der Waals surface area contributed by atoms with Gasteiger partial charge in [-0.1, -0.05) is 24.3 Å². The summed E-state index contributed by atoms with van der Waals surface area (Å²) < 4.78 is 18.9. The monoisotopic (exact) mass is 425 g/mol. The molecule has 2 aromatic rings. The van der Waals surface area contributed by atoms with Gasteiger partial charge in [-0.25, -0.2) is 4.39 Å². The number of aryl methyl sites for hydroxylation is 1. The van der Waals surface area contributed by atoms with E-state index in [9.17, 15) is 18.8 Å². The molecule has 0 radical (unpaired) electrons. The van der Waals surface area contributed by atoms with E-state index < -0.39 is 0 Å². The molecule has 2 bridgehead atoms. The lowest BCUT2D eigenvalue weighted by molar-refractivity contribution is -0.150. The number of carbonyl (C=O) groups is 3. The molecule has 0 aliphatic heterocycles. The Morgan fingerprint density at radius 2 is 1.61 bits per heavy atom. The Bertz CT molecular complexity index is 1000. The molecule has 3 fully saturated rings. The van der Waals surface area contributed by atoms with Crippen LogP contribution in [0.25, 0.3) is 0 Å². The molecule has 0 heterocycles. The van der Waals surface area contributed by atoms with Crippen molar-refractivity contribution in [2.75, 3.05) is 13.2 Å². The quantitative estimate of drug-likeness (QED) is 0.602. The van der Waals surface area contributed by atoms with Gasteiger partial charge in [-0.3, -0.25) is 14.4 Å². The molecule has 0 atom stereocenters. The largest absolute Gasteiger partial charge is 0.484 e. The predicted molar refractivity (Wildman–Crippen MR) is 111 cm³/mol. The molecule has 3 saturated carbocycles. The molecule has 8 heteroatoms. The number of amides is 3. The first-order valence-electron chi connectivity index (χ1n) is 10.1. The van der Waals surface area contributed by atoms with Gasteiger partial charge in [-0.05, 0) is 49.9 Å². The first-order chi connectivity index (χ1) is 14.8. The maximum absolute atomic E-state index is 13.5. The summed E-state index contributed by atoms with van der Waals surface area (Å²) in [5.41, 5.74) is 0.373. The van der Waals surface area contributed by atoms with E-state index in [-0.39, 0.29) is 47.8 Å². The average Bonchev–Trinajstić information content (AvgIpc) is 2.71. The van der Waals surface area contributed by atoms with Gasteiger partial charge in [-0.2, -0.15) is 0 Å². The van der Waals surface area contributed by atoms with Gasteiger partial charge < -0.3 is 20.7 Å². The number of hydrogen-bond acceptors (Lipinski definition) is 4. The minimum atomic E-state index is -0.380. The Balaban J connectivity index is 1.16. The Hall–Kier alpha value is -3.42. The molecule has 3 aliphatic carbocycles. The van der Waals surface area contributed by atoms with Gasteiger partial charge in [0.05, 0.1) is 6.54 Å². The topological polar surface area (TPSA) is 96.5 Å². The van der Waals surface area contributed by atoms with Crippen LogP contribution in [0.5, 0.6) is 5.75 Å². The first-order valence-corrected chi connectivity index (χ1v) is 10.1. The highest BCUT2D eigenvalue weighted by atomic mass is 19.1. The first kappa shape index (κ1) is 20.8. The van der Waals surface area contributed by atoms with Crippen LogP contribution >= 0.6 is 0 Å². The van der Waals surface area contributed by atoms with E-state index >= 15 is 0 Å². The van der Waals surface area contributed by atoms with E-state index in [0.29, 0.717) is 36.1 Å². The van der Waals surface area contributed by atoms with Crippen molar-refractivity contribution in [2.45, 2.75) is 37.3 Å². The van der Waals surface area contributed by atoms with Gasteiger partial charge in [0.15, 0.2) is 6.61 Å². The fourth-order valence-corrected chi connectivity index (χ4v) is 4.39. The van der Waals surface area contributed by atoms with Gasteiger partial charge in [0.1, 0.15) is 11.6 Å². The molecule has 2 aromatic carbocycles. The van der Waals surface area contributed by atoms with Crippen LogP contribution in [0.2, 0.25) is 0 Å². The fraction of sp³-hybridized carbons (Fsp3) is 0.348. The van der Waals surface area contributed by atoms with Crippen molar-refractivity contribution in [3.8, 4) is 5.75 Å². The van der Waals surface area contributed by atoms with E-state index in [4.69, 9.17) is 4.74 Å². The second kappa shape index (κ2) is 8.02. The summed E-state index contributed by atoms with van der Waals surface area (Å²) in [4.78, 5) is 36.4. The lowest BCUT2D eigenvalue weighted by Crippen LogP contribution is -2.84.